The first kappa shape index (κ1) is 14.8. The van der Waals surface area contributed by atoms with E-state index < -0.39 is 0 Å². The normalized spacial score (nSPS) is 10.7. The van der Waals surface area contributed by atoms with E-state index in [9.17, 15) is 9.59 Å². The third-order valence-electron chi connectivity index (χ3n) is 3.55. The molecule has 2 aromatic heterocycles. The molecule has 1 amide bonds. The number of ether oxygens (including phenoxy) is 1. The van der Waals surface area contributed by atoms with E-state index in [0.717, 1.165) is 0 Å². The number of fused-ring (bicyclic) bond motifs is 1. The van der Waals surface area contributed by atoms with Gasteiger partial charge in [-0.1, -0.05) is 0 Å². The van der Waals surface area contributed by atoms with Crippen molar-refractivity contribution in [2.24, 2.45) is 0 Å². The first-order chi connectivity index (χ1) is 11.0. The number of methoxy groups -OCH3 is 1. The SMILES string of the molecule is COc1ccc(C(=O)Nc2nc3nc(C)c(C)c(=O)n3[nH]2)cc1. The molecule has 8 nitrogen and oxygen atoms in total. The highest BCUT2D eigenvalue weighted by Crippen LogP contribution is 2.12. The first-order valence-corrected chi connectivity index (χ1v) is 6.91. The Balaban J connectivity index is 1.90. The lowest BCUT2D eigenvalue weighted by atomic mass is 10.2. The van der Waals surface area contributed by atoms with Gasteiger partial charge in [0.1, 0.15) is 5.75 Å². The minimum absolute atomic E-state index is 0.153. The molecule has 2 N–H and O–H groups in total. The van der Waals surface area contributed by atoms with E-state index in [2.05, 4.69) is 20.4 Å². The van der Waals surface area contributed by atoms with Crippen molar-refractivity contribution in [2.45, 2.75) is 13.8 Å². The van der Waals surface area contributed by atoms with E-state index in [1.165, 1.54) is 4.52 Å². The van der Waals surface area contributed by atoms with E-state index in [4.69, 9.17) is 4.74 Å². The van der Waals surface area contributed by atoms with Crippen molar-refractivity contribution in [3.63, 3.8) is 0 Å². The Bertz CT molecular complexity index is 940. The Labute approximate surface area is 131 Å². The van der Waals surface area contributed by atoms with Gasteiger partial charge in [0.2, 0.25) is 5.95 Å². The summed E-state index contributed by atoms with van der Waals surface area (Å²) in [5.74, 6) is 0.670. The van der Waals surface area contributed by atoms with Crippen molar-refractivity contribution >= 4 is 17.6 Å². The van der Waals surface area contributed by atoms with Crippen LogP contribution >= 0.6 is 0 Å². The van der Waals surface area contributed by atoms with Gasteiger partial charge < -0.3 is 4.74 Å². The number of aromatic amines is 1. The molecular formula is C15H15N5O3. The molecule has 2 heterocycles. The zero-order valence-electron chi connectivity index (χ0n) is 12.9. The van der Waals surface area contributed by atoms with Crippen LogP contribution in [-0.2, 0) is 0 Å². The predicted octanol–water partition coefficient (Wildman–Crippen LogP) is 1.30. The monoisotopic (exact) mass is 313 g/mol. The van der Waals surface area contributed by atoms with Crippen molar-refractivity contribution in [1.82, 2.24) is 19.6 Å². The van der Waals surface area contributed by atoms with Gasteiger partial charge >= 0.3 is 0 Å². The van der Waals surface area contributed by atoms with Gasteiger partial charge in [0.15, 0.2) is 0 Å². The van der Waals surface area contributed by atoms with Crippen LogP contribution in [0.15, 0.2) is 29.1 Å². The molecule has 1 aromatic carbocycles. The van der Waals surface area contributed by atoms with Gasteiger partial charge in [0.25, 0.3) is 17.2 Å². The summed E-state index contributed by atoms with van der Waals surface area (Å²) in [5, 5.41) is 5.33. The average molecular weight is 313 g/mol. The molecule has 3 rings (SSSR count). The molecule has 0 aliphatic heterocycles. The summed E-state index contributed by atoms with van der Waals surface area (Å²) in [4.78, 5) is 32.6. The van der Waals surface area contributed by atoms with Crippen LogP contribution in [0.4, 0.5) is 5.95 Å². The lowest BCUT2D eigenvalue weighted by Gasteiger charge is -2.03. The number of aryl methyl sites for hydroxylation is 1. The second kappa shape index (κ2) is 5.56. The van der Waals surface area contributed by atoms with Gasteiger partial charge in [0.05, 0.1) is 7.11 Å². The molecular weight excluding hydrogens is 298 g/mol. The molecule has 0 saturated carbocycles. The fourth-order valence-electron chi connectivity index (χ4n) is 2.08. The van der Waals surface area contributed by atoms with Crippen molar-refractivity contribution < 1.29 is 9.53 Å². The minimum Gasteiger partial charge on any atom is -0.497 e. The number of nitrogens with zero attached hydrogens (tertiary/aromatic N) is 3. The largest absolute Gasteiger partial charge is 0.497 e. The summed E-state index contributed by atoms with van der Waals surface area (Å²) in [7, 11) is 1.55. The van der Waals surface area contributed by atoms with Crippen LogP contribution in [0.1, 0.15) is 21.6 Å². The number of H-pyrrole nitrogens is 1. The molecule has 0 radical (unpaired) electrons. The number of anilines is 1. The standard InChI is InChI=1S/C15H15N5O3/c1-8-9(2)16-15-18-14(19-20(15)13(8)22)17-12(21)10-4-6-11(23-3)7-5-10/h4-7H,1-3H3,(H2,16,17,18,19,21). The smallest absolute Gasteiger partial charge is 0.277 e. The Morgan fingerprint density at radius 1 is 1.22 bits per heavy atom. The third-order valence-corrected chi connectivity index (χ3v) is 3.55. The fraction of sp³-hybridized carbons (Fsp3) is 0.200. The van der Waals surface area contributed by atoms with Gasteiger partial charge in [-0.3, -0.25) is 20.0 Å². The predicted molar refractivity (Wildman–Crippen MR) is 84.0 cm³/mol. The topological polar surface area (TPSA) is 101 Å². The number of hydrogen-bond acceptors (Lipinski definition) is 5. The van der Waals surface area contributed by atoms with E-state index in [0.29, 0.717) is 22.6 Å². The van der Waals surface area contributed by atoms with Gasteiger partial charge in [0, 0.05) is 16.8 Å². The lowest BCUT2D eigenvalue weighted by molar-refractivity contribution is 0.102. The fourth-order valence-corrected chi connectivity index (χ4v) is 2.08. The minimum atomic E-state index is -0.354. The highest BCUT2D eigenvalue weighted by molar-refractivity contribution is 6.03. The van der Waals surface area contributed by atoms with E-state index in [-0.39, 0.29) is 23.2 Å². The van der Waals surface area contributed by atoms with Crippen molar-refractivity contribution in [3.8, 4) is 5.75 Å². The second-order valence-electron chi connectivity index (χ2n) is 5.02. The Hall–Kier alpha value is -3.16. The Morgan fingerprint density at radius 3 is 2.57 bits per heavy atom. The zero-order chi connectivity index (χ0) is 16.6. The first-order valence-electron chi connectivity index (χ1n) is 6.91. The van der Waals surface area contributed by atoms with Crippen molar-refractivity contribution in [2.75, 3.05) is 12.4 Å². The number of benzene rings is 1. The number of nitrogens with one attached hydrogen (secondary N) is 2. The Kier molecular flexibility index (Phi) is 3.57. The number of carbonyl (C=O) groups excluding carboxylic acids is 1. The number of hydrogen-bond donors (Lipinski definition) is 2. The van der Waals surface area contributed by atoms with Crippen LogP contribution in [0.5, 0.6) is 5.75 Å². The number of aromatic nitrogens is 4. The van der Waals surface area contributed by atoms with E-state index in [1.54, 1.807) is 45.2 Å². The highest BCUT2D eigenvalue weighted by Gasteiger charge is 2.13. The summed E-state index contributed by atoms with van der Waals surface area (Å²) in [6.45, 7) is 3.43. The molecule has 118 valence electrons. The quantitative estimate of drug-likeness (QED) is 0.759. The van der Waals surface area contributed by atoms with Gasteiger partial charge in [-0.2, -0.15) is 9.50 Å². The van der Waals surface area contributed by atoms with Crippen LogP contribution in [-0.4, -0.2) is 32.6 Å². The maximum absolute atomic E-state index is 12.2. The molecule has 8 heteroatoms. The van der Waals surface area contributed by atoms with Crippen LogP contribution in [0.25, 0.3) is 5.78 Å². The maximum atomic E-state index is 12.2. The summed E-state index contributed by atoms with van der Waals surface area (Å²) < 4.78 is 6.25. The van der Waals surface area contributed by atoms with Crippen LogP contribution < -0.4 is 15.6 Å². The zero-order valence-corrected chi connectivity index (χ0v) is 12.9. The van der Waals surface area contributed by atoms with Crippen molar-refractivity contribution in [3.05, 3.63) is 51.4 Å². The third kappa shape index (κ3) is 2.66. The molecule has 3 aromatic rings. The summed E-state index contributed by atoms with van der Waals surface area (Å²) in [6, 6.07) is 6.64. The van der Waals surface area contributed by atoms with Gasteiger partial charge in [-0.05, 0) is 38.1 Å². The molecule has 0 unspecified atom stereocenters. The summed E-state index contributed by atoms with van der Waals surface area (Å²) in [6.07, 6.45) is 0. The van der Waals surface area contributed by atoms with Gasteiger partial charge in [-0.25, -0.2) is 4.98 Å². The van der Waals surface area contributed by atoms with Crippen LogP contribution in [0.3, 0.4) is 0 Å². The van der Waals surface area contributed by atoms with Crippen LogP contribution in [0.2, 0.25) is 0 Å². The lowest BCUT2D eigenvalue weighted by Crippen LogP contribution is -2.19. The average Bonchev–Trinajstić information content (AvgIpc) is 2.95. The summed E-state index contributed by atoms with van der Waals surface area (Å²) >= 11 is 0. The highest BCUT2D eigenvalue weighted by atomic mass is 16.5. The Morgan fingerprint density at radius 2 is 1.91 bits per heavy atom. The van der Waals surface area contributed by atoms with Crippen LogP contribution in [0, 0.1) is 13.8 Å². The van der Waals surface area contributed by atoms with Crippen molar-refractivity contribution in [1.29, 1.82) is 0 Å². The molecule has 0 fully saturated rings. The van der Waals surface area contributed by atoms with E-state index in [1.807, 2.05) is 0 Å². The number of rotatable bonds is 3. The molecule has 23 heavy (non-hydrogen) atoms. The second-order valence-corrected chi connectivity index (χ2v) is 5.02. The molecule has 0 aliphatic carbocycles. The molecule has 0 aliphatic rings. The number of carbonyl (C=O) groups is 1. The molecule has 0 saturated heterocycles. The molecule has 0 bridgehead atoms. The summed E-state index contributed by atoms with van der Waals surface area (Å²) in [5.41, 5.74) is 1.33. The number of amides is 1. The van der Waals surface area contributed by atoms with E-state index >= 15 is 0 Å². The van der Waals surface area contributed by atoms with Gasteiger partial charge in [-0.15, -0.1) is 0 Å². The molecule has 0 atom stereocenters. The molecule has 0 spiro atoms. The maximum Gasteiger partial charge on any atom is 0.277 e.